The monoisotopic (exact) mass is 427 g/mol. The zero-order valence-electron chi connectivity index (χ0n) is 17.6. The Balaban J connectivity index is 2.08. The van der Waals surface area contributed by atoms with E-state index in [0.29, 0.717) is 39.2 Å². The van der Waals surface area contributed by atoms with Gasteiger partial charge in [-0.05, 0) is 43.8 Å². The minimum Gasteiger partial charge on any atom is -0.496 e. The Bertz CT molecular complexity index is 1020. The Morgan fingerprint density at radius 1 is 1.00 bits per heavy atom. The molecule has 158 valence electrons. The quantitative estimate of drug-likeness (QED) is 0.609. The van der Waals surface area contributed by atoms with E-state index in [4.69, 9.17) is 26.4 Å². The van der Waals surface area contributed by atoms with E-state index in [2.05, 4.69) is 16.0 Å². The Kier molecular flexibility index (Phi) is 6.47. The van der Waals surface area contributed by atoms with Crippen LogP contribution >= 0.6 is 12.2 Å². The van der Waals surface area contributed by atoms with Crippen molar-refractivity contribution < 1.29 is 19.0 Å². The van der Waals surface area contributed by atoms with Gasteiger partial charge in [-0.3, -0.25) is 4.79 Å². The highest BCUT2D eigenvalue weighted by atomic mass is 32.1. The van der Waals surface area contributed by atoms with Crippen molar-refractivity contribution in [3.05, 3.63) is 58.8 Å². The number of ether oxygens (including phenoxy) is 3. The number of carbonyl (C=O) groups is 1. The topological polar surface area (TPSA) is 80.9 Å². The van der Waals surface area contributed by atoms with Crippen molar-refractivity contribution >= 4 is 28.9 Å². The standard InChI is InChI=1S/C22H25N3O4S/c1-12-8-6-7-9-15(12)24-21(26)19-13(2)23-22(30)25-20(19)14-10-17(28-4)18(29-5)11-16(14)27-3/h6-11,20H,1-5H3,(H,24,26)(H2,23,25,30)/t20-/m1/s1. The summed E-state index contributed by atoms with van der Waals surface area (Å²) in [5.74, 6) is 1.35. The van der Waals surface area contributed by atoms with Crippen LogP contribution in [0.4, 0.5) is 5.69 Å². The number of nitrogens with one attached hydrogen (secondary N) is 3. The van der Waals surface area contributed by atoms with Crippen LogP contribution in [-0.2, 0) is 4.79 Å². The van der Waals surface area contributed by atoms with E-state index >= 15 is 0 Å². The molecule has 0 fully saturated rings. The number of methoxy groups -OCH3 is 3. The molecule has 2 aromatic rings. The van der Waals surface area contributed by atoms with E-state index in [1.807, 2.05) is 38.1 Å². The highest BCUT2D eigenvalue weighted by Crippen LogP contribution is 2.40. The van der Waals surface area contributed by atoms with Crippen molar-refractivity contribution in [2.75, 3.05) is 26.6 Å². The van der Waals surface area contributed by atoms with Crippen LogP contribution in [0, 0.1) is 6.92 Å². The van der Waals surface area contributed by atoms with Gasteiger partial charge >= 0.3 is 0 Å². The fourth-order valence-corrected chi connectivity index (χ4v) is 3.68. The molecule has 7 nitrogen and oxygen atoms in total. The molecule has 0 aromatic heterocycles. The van der Waals surface area contributed by atoms with Crippen LogP contribution in [0.1, 0.15) is 24.1 Å². The summed E-state index contributed by atoms with van der Waals surface area (Å²) in [5.41, 5.74) is 3.57. The number of carbonyl (C=O) groups excluding carboxylic acids is 1. The minimum absolute atomic E-state index is 0.244. The van der Waals surface area contributed by atoms with Crippen LogP contribution in [0.3, 0.4) is 0 Å². The van der Waals surface area contributed by atoms with Gasteiger partial charge in [0.15, 0.2) is 16.6 Å². The number of aryl methyl sites for hydroxylation is 1. The first-order valence-corrected chi connectivity index (χ1v) is 9.75. The van der Waals surface area contributed by atoms with Gasteiger partial charge in [0, 0.05) is 23.0 Å². The maximum absolute atomic E-state index is 13.3. The summed E-state index contributed by atoms with van der Waals surface area (Å²) in [7, 11) is 4.68. The number of hydrogen-bond acceptors (Lipinski definition) is 5. The third-order valence-corrected chi connectivity index (χ3v) is 5.17. The number of rotatable bonds is 6. The molecule has 0 bridgehead atoms. The molecule has 0 aliphatic carbocycles. The van der Waals surface area contributed by atoms with Gasteiger partial charge in [-0.25, -0.2) is 0 Å². The van der Waals surface area contributed by atoms with Gasteiger partial charge in [0.1, 0.15) is 5.75 Å². The predicted octanol–water partition coefficient (Wildman–Crippen LogP) is 3.45. The Hall–Kier alpha value is -3.26. The van der Waals surface area contributed by atoms with E-state index in [0.717, 1.165) is 11.3 Å². The molecule has 1 aliphatic heterocycles. The second-order valence-corrected chi connectivity index (χ2v) is 7.20. The molecule has 1 amide bonds. The SMILES string of the molecule is COc1cc(OC)c([C@H]2NC(=S)NC(C)=C2C(=O)Nc2ccccc2C)cc1OC. The molecule has 3 N–H and O–H groups in total. The zero-order chi connectivity index (χ0) is 21.8. The van der Waals surface area contributed by atoms with Crippen LogP contribution < -0.4 is 30.2 Å². The van der Waals surface area contributed by atoms with Crippen molar-refractivity contribution in [1.29, 1.82) is 0 Å². The van der Waals surface area contributed by atoms with Gasteiger partial charge in [-0.15, -0.1) is 0 Å². The molecular weight excluding hydrogens is 402 g/mol. The molecular formula is C22H25N3O4S. The van der Waals surface area contributed by atoms with E-state index in [9.17, 15) is 4.79 Å². The smallest absolute Gasteiger partial charge is 0.255 e. The summed E-state index contributed by atoms with van der Waals surface area (Å²) in [6.45, 7) is 3.76. The average molecular weight is 428 g/mol. The van der Waals surface area contributed by atoms with Gasteiger partial charge in [-0.1, -0.05) is 18.2 Å². The van der Waals surface area contributed by atoms with Gasteiger partial charge in [-0.2, -0.15) is 0 Å². The molecule has 0 unspecified atom stereocenters. The number of allylic oxidation sites excluding steroid dienone is 1. The molecule has 1 aliphatic rings. The van der Waals surface area contributed by atoms with Gasteiger partial charge < -0.3 is 30.2 Å². The molecule has 30 heavy (non-hydrogen) atoms. The summed E-state index contributed by atoms with van der Waals surface area (Å²) >= 11 is 5.35. The van der Waals surface area contributed by atoms with E-state index in [1.165, 1.54) is 0 Å². The van der Waals surface area contributed by atoms with Crippen LogP contribution in [0.25, 0.3) is 0 Å². The van der Waals surface area contributed by atoms with Crippen molar-refractivity contribution in [2.45, 2.75) is 19.9 Å². The number of thiocarbonyl (C=S) groups is 1. The molecule has 1 atom stereocenters. The highest BCUT2D eigenvalue weighted by Gasteiger charge is 2.33. The fourth-order valence-electron chi connectivity index (χ4n) is 3.41. The van der Waals surface area contributed by atoms with E-state index in [1.54, 1.807) is 33.5 Å². The normalized spacial score (nSPS) is 15.8. The average Bonchev–Trinajstić information content (AvgIpc) is 2.73. The molecule has 3 rings (SSSR count). The lowest BCUT2D eigenvalue weighted by atomic mass is 9.93. The van der Waals surface area contributed by atoms with Crippen LogP contribution in [0.2, 0.25) is 0 Å². The lowest BCUT2D eigenvalue weighted by Gasteiger charge is -2.31. The largest absolute Gasteiger partial charge is 0.496 e. The summed E-state index contributed by atoms with van der Waals surface area (Å²) in [6, 6.07) is 10.6. The second-order valence-electron chi connectivity index (χ2n) is 6.79. The van der Waals surface area contributed by atoms with Gasteiger partial charge in [0.25, 0.3) is 5.91 Å². The van der Waals surface area contributed by atoms with Crippen molar-refractivity contribution in [3.63, 3.8) is 0 Å². The predicted molar refractivity (Wildman–Crippen MR) is 120 cm³/mol. The third kappa shape index (κ3) is 4.18. The van der Waals surface area contributed by atoms with Crippen LogP contribution in [0.5, 0.6) is 17.2 Å². The summed E-state index contributed by atoms with van der Waals surface area (Å²) in [5, 5.41) is 9.64. The lowest BCUT2D eigenvalue weighted by Crippen LogP contribution is -2.45. The third-order valence-electron chi connectivity index (χ3n) is 4.95. The van der Waals surface area contributed by atoms with Crippen molar-refractivity contribution in [3.8, 4) is 17.2 Å². The molecule has 0 saturated heterocycles. The molecule has 0 spiro atoms. The van der Waals surface area contributed by atoms with Gasteiger partial charge in [0.05, 0.1) is 32.9 Å². The van der Waals surface area contributed by atoms with E-state index < -0.39 is 6.04 Å². The van der Waals surface area contributed by atoms with Crippen LogP contribution in [-0.4, -0.2) is 32.3 Å². The van der Waals surface area contributed by atoms with Crippen LogP contribution in [0.15, 0.2) is 47.7 Å². The first kappa shape index (κ1) is 21.4. The first-order chi connectivity index (χ1) is 14.4. The minimum atomic E-state index is -0.544. The number of anilines is 1. The molecule has 8 heteroatoms. The fraction of sp³-hybridized carbons (Fsp3) is 0.273. The van der Waals surface area contributed by atoms with E-state index in [-0.39, 0.29) is 5.91 Å². The summed E-state index contributed by atoms with van der Waals surface area (Å²) in [6.07, 6.45) is 0. The Labute approximate surface area is 181 Å². The Morgan fingerprint density at radius 3 is 2.27 bits per heavy atom. The first-order valence-electron chi connectivity index (χ1n) is 9.34. The molecule has 0 saturated carbocycles. The molecule has 2 aromatic carbocycles. The maximum Gasteiger partial charge on any atom is 0.255 e. The summed E-state index contributed by atoms with van der Waals surface area (Å²) < 4.78 is 16.4. The zero-order valence-corrected chi connectivity index (χ0v) is 18.4. The second kappa shape index (κ2) is 9.04. The van der Waals surface area contributed by atoms with Crippen molar-refractivity contribution in [1.82, 2.24) is 10.6 Å². The maximum atomic E-state index is 13.3. The number of amides is 1. The lowest BCUT2D eigenvalue weighted by molar-refractivity contribution is -0.113. The number of benzene rings is 2. The number of hydrogen-bond donors (Lipinski definition) is 3. The van der Waals surface area contributed by atoms with Crippen molar-refractivity contribution in [2.24, 2.45) is 0 Å². The van der Waals surface area contributed by atoms with Gasteiger partial charge in [0.2, 0.25) is 0 Å². The summed E-state index contributed by atoms with van der Waals surface area (Å²) in [4.78, 5) is 13.3. The Morgan fingerprint density at radius 2 is 1.63 bits per heavy atom. The highest BCUT2D eigenvalue weighted by molar-refractivity contribution is 7.80. The molecule has 1 heterocycles. The number of para-hydroxylation sites is 1. The molecule has 0 radical (unpaired) electrons.